The Morgan fingerprint density at radius 1 is 0.680 bits per heavy atom. The zero-order valence-electron chi connectivity index (χ0n) is 13.2. The van der Waals surface area contributed by atoms with E-state index in [2.05, 4.69) is 62.5 Å². The van der Waals surface area contributed by atoms with Crippen LogP contribution in [-0.2, 0) is 0 Å². The molecule has 0 fully saturated rings. The van der Waals surface area contributed by atoms with Crippen molar-refractivity contribution in [2.24, 2.45) is 0 Å². The van der Waals surface area contributed by atoms with Gasteiger partial charge in [0.1, 0.15) is 6.33 Å². The highest BCUT2D eigenvalue weighted by Crippen LogP contribution is 2.36. The Kier molecular flexibility index (Phi) is 2.32. The summed E-state index contributed by atoms with van der Waals surface area (Å²) in [6.45, 7) is 0. The van der Waals surface area contributed by atoms with Crippen LogP contribution in [-0.4, -0.2) is 19.9 Å². The third-order valence-electron chi connectivity index (χ3n) is 4.97. The third kappa shape index (κ3) is 1.63. The van der Waals surface area contributed by atoms with Crippen LogP contribution < -0.4 is 0 Å². The van der Waals surface area contributed by atoms with E-state index in [1.807, 2.05) is 18.3 Å². The fourth-order valence-corrected chi connectivity index (χ4v) is 3.86. The molecule has 0 radical (unpaired) electrons. The van der Waals surface area contributed by atoms with Gasteiger partial charge in [-0.1, -0.05) is 30.3 Å². The molecule has 3 aromatic heterocycles. The van der Waals surface area contributed by atoms with E-state index in [4.69, 9.17) is 0 Å². The lowest BCUT2D eigenvalue weighted by Crippen LogP contribution is -1.88. The molecule has 3 heterocycles. The van der Waals surface area contributed by atoms with Crippen molar-refractivity contribution in [1.29, 1.82) is 0 Å². The maximum atomic E-state index is 4.67. The number of H-pyrrole nitrogens is 1. The second-order valence-corrected chi connectivity index (χ2v) is 6.28. The molecule has 0 saturated heterocycles. The van der Waals surface area contributed by atoms with Crippen molar-refractivity contribution >= 4 is 54.4 Å². The van der Waals surface area contributed by atoms with Gasteiger partial charge in [0.25, 0.3) is 0 Å². The highest BCUT2D eigenvalue weighted by molar-refractivity contribution is 6.27. The number of hydrogen-bond donors (Lipinski definition) is 1. The van der Waals surface area contributed by atoms with Crippen molar-refractivity contribution in [3.63, 3.8) is 0 Å². The third-order valence-corrected chi connectivity index (χ3v) is 4.97. The van der Waals surface area contributed by atoms with Crippen LogP contribution in [0.4, 0.5) is 0 Å². The average molecular weight is 320 g/mol. The summed E-state index contributed by atoms with van der Waals surface area (Å²) in [6.07, 6.45) is 5.54. The Morgan fingerprint density at radius 3 is 2.60 bits per heavy atom. The van der Waals surface area contributed by atoms with E-state index in [-0.39, 0.29) is 0 Å². The van der Waals surface area contributed by atoms with E-state index < -0.39 is 0 Å². The van der Waals surface area contributed by atoms with Gasteiger partial charge in [0.2, 0.25) is 0 Å². The van der Waals surface area contributed by atoms with E-state index >= 15 is 0 Å². The van der Waals surface area contributed by atoms with E-state index in [1.54, 1.807) is 6.33 Å². The molecule has 6 rings (SSSR count). The number of rotatable bonds is 0. The quantitative estimate of drug-likeness (QED) is 0.402. The first-order chi connectivity index (χ1) is 12.4. The van der Waals surface area contributed by atoms with Crippen LogP contribution in [0.1, 0.15) is 0 Å². The van der Waals surface area contributed by atoms with Gasteiger partial charge in [-0.2, -0.15) is 0 Å². The maximum Gasteiger partial charge on any atom is 0.116 e. The first kappa shape index (κ1) is 12.8. The lowest BCUT2D eigenvalue weighted by atomic mass is 9.97. The number of pyridine rings is 2. The number of aromatic amines is 1. The molecule has 6 aromatic rings. The SMILES string of the molecule is c1cnc2c(c1)ccc1[nH]cc3ccc4c(ccc5ncnc54)c3c12. The summed E-state index contributed by atoms with van der Waals surface area (Å²) in [7, 11) is 0. The van der Waals surface area contributed by atoms with Crippen LogP contribution in [0, 0.1) is 0 Å². The molecule has 25 heavy (non-hydrogen) atoms. The monoisotopic (exact) mass is 320 g/mol. The molecule has 116 valence electrons. The summed E-state index contributed by atoms with van der Waals surface area (Å²) in [4.78, 5) is 16.9. The normalized spacial score (nSPS) is 12.0. The van der Waals surface area contributed by atoms with Gasteiger partial charge in [-0.3, -0.25) is 4.98 Å². The average Bonchev–Trinajstić information content (AvgIpc) is 3.16. The van der Waals surface area contributed by atoms with Crippen LogP contribution in [0.5, 0.6) is 0 Å². The molecule has 0 aliphatic heterocycles. The molecule has 0 unspecified atom stereocenters. The summed E-state index contributed by atoms with van der Waals surface area (Å²) in [5, 5.41) is 6.98. The Labute approximate surface area is 142 Å². The fraction of sp³-hybridized carbons (Fsp3) is 0. The number of aromatic nitrogens is 4. The number of nitrogens with one attached hydrogen (secondary N) is 1. The molecular weight excluding hydrogens is 308 g/mol. The van der Waals surface area contributed by atoms with Gasteiger partial charge < -0.3 is 4.98 Å². The topological polar surface area (TPSA) is 54.5 Å². The fourth-order valence-electron chi connectivity index (χ4n) is 3.86. The molecule has 0 atom stereocenters. The minimum absolute atomic E-state index is 0.932. The van der Waals surface area contributed by atoms with Crippen molar-refractivity contribution < 1.29 is 0 Å². The van der Waals surface area contributed by atoms with Gasteiger partial charge in [0, 0.05) is 39.5 Å². The molecule has 0 saturated carbocycles. The molecule has 0 aliphatic carbocycles. The molecular formula is C21H12N4. The minimum Gasteiger partial charge on any atom is -0.361 e. The number of benzene rings is 3. The van der Waals surface area contributed by atoms with Crippen molar-refractivity contribution in [2.75, 3.05) is 0 Å². The van der Waals surface area contributed by atoms with Crippen LogP contribution in [0.2, 0.25) is 0 Å². The van der Waals surface area contributed by atoms with E-state index in [9.17, 15) is 0 Å². The van der Waals surface area contributed by atoms with Crippen LogP contribution in [0.15, 0.2) is 67.3 Å². The van der Waals surface area contributed by atoms with Crippen molar-refractivity contribution in [3.05, 3.63) is 67.3 Å². The predicted molar refractivity (Wildman–Crippen MR) is 102 cm³/mol. The van der Waals surface area contributed by atoms with Gasteiger partial charge in [-0.25, -0.2) is 9.97 Å². The van der Waals surface area contributed by atoms with Crippen molar-refractivity contribution in [1.82, 2.24) is 19.9 Å². The number of fused-ring (bicyclic) bond motifs is 9. The summed E-state index contributed by atoms with van der Waals surface area (Å²) < 4.78 is 0. The van der Waals surface area contributed by atoms with E-state index in [1.165, 1.54) is 10.8 Å². The van der Waals surface area contributed by atoms with Gasteiger partial charge in [0.05, 0.1) is 16.6 Å². The molecule has 4 nitrogen and oxygen atoms in total. The zero-order valence-corrected chi connectivity index (χ0v) is 13.2. The smallest absolute Gasteiger partial charge is 0.116 e. The first-order valence-corrected chi connectivity index (χ1v) is 8.21. The molecule has 0 aliphatic rings. The lowest BCUT2D eigenvalue weighted by Gasteiger charge is -2.10. The van der Waals surface area contributed by atoms with Gasteiger partial charge >= 0.3 is 0 Å². The maximum absolute atomic E-state index is 4.67. The summed E-state index contributed by atoms with van der Waals surface area (Å²) in [5.41, 5.74) is 3.98. The molecule has 0 spiro atoms. The molecule has 0 amide bonds. The second-order valence-electron chi connectivity index (χ2n) is 6.28. The lowest BCUT2D eigenvalue weighted by molar-refractivity contribution is 1.35. The van der Waals surface area contributed by atoms with Gasteiger partial charge in [-0.15, -0.1) is 0 Å². The molecule has 1 N–H and O–H groups in total. The highest BCUT2D eigenvalue weighted by Gasteiger charge is 2.12. The van der Waals surface area contributed by atoms with E-state index in [0.29, 0.717) is 0 Å². The standard InChI is InChI=1S/C21H12N4/c1-2-12-4-7-16-19(20(12)22-9-1)18-13(10-23-16)3-5-15-14(18)6-8-17-21(15)25-11-24-17/h1-11,23H. The molecule has 3 aromatic carbocycles. The second kappa shape index (κ2) is 4.51. The zero-order chi connectivity index (χ0) is 16.4. The largest absolute Gasteiger partial charge is 0.361 e. The number of imidazole rings is 1. The summed E-state index contributed by atoms with van der Waals surface area (Å²) in [6, 6.07) is 16.8. The molecule has 4 heteroatoms. The molecule has 0 bridgehead atoms. The summed E-state index contributed by atoms with van der Waals surface area (Å²) >= 11 is 0. The Hall–Kier alpha value is -3.53. The van der Waals surface area contributed by atoms with Crippen molar-refractivity contribution in [2.45, 2.75) is 0 Å². The number of hydrogen-bond acceptors (Lipinski definition) is 3. The van der Waals surface area contributed by atoms with Crippen molar-refractivity contribution in [3.8, 4) is 0 Å². The van der Waals surface area contributed by atoms with Crippen LogP contribution in [0.3, 0.4) is 0 Å². The van der Waals surface area contributed by atoms with E-state index in [0.717, 1.165) is 43.6 Å². The Bertz CT molecular complexity index is 1440. The number of nitrogens with zero attached hydrogens (tertiary/aromatic N) is 3. The van der Waals surface area contributed by atoms with Crippen LogP contribution >= 0.6 is 0 Å². The first-order valence-electron chi connectivity index (χ1n) is 8.21. The Morgan fingerprint density at radius 2 is 1.60 bits per heavy atom. The van der Waals surface area contributed by atoms with Crippen LogP contribution in [0.25, 0.3) is 54.4 Å². The minimum atomic E-state index is 0.932. The highest BCUT2D eigenvalue weighted by atomic mass is 14.9. The summed E-state index contributed by atoms with van der Waals surface area (Å²) in [5.74, 6) is 0. The Balaban J connectivity index is 1.99. The van der Waals surface area contributed by atoms with Gasteiger partial charge in [-0.05, 0) is 29.0 Å². The van der Waals surface area contributed by atoms with Gasteiger partial charge in [0.15, 0.2) is 0 Å². The predicted octanol–water partition coefficient (Wildman–Crippen LogP) is 4.97.